The summed E-state index contributed by atoms with van der Waals surface area (Å²) in [5, 5.41) is 2.99. The average Bonchev–Trinajstić information content (AvgIpc) is 2.74. The first kappa shape index (κ1) is 13.3. The summed E-state index contributed by atoms with van der Waals surface area (Å²) in [6, 6.07) is 1.89. The third-order valence-corrected chi connectivity index (χ3v) is 3.40. The minimum absolute atomic E-state index is 0.156. The lowest BCUT2D eigenvalue weighted by molar-refractivity contribution is 0.0939. The van der Waals surface area contributed by atoms with Gasteiger partial charge in [0.2, 0.25) is 0 Å². The molecule has 7 heteroatoms. The van der Waals surface area contributed by atoms with Crippen LogP contribution < -0.4 is 16.6 Å². The number of amides is 1. The largest absolute Gasteiger partial charge is 0.348 e. The van der Waals surface area contributed by atoms with Crippen LogP contribution in [0.5, 0.6) is 0 Å². The smallest absolute Gasteiger partial charge is 0.255 e. The predicted octanol–water partition coefficient (Wildman–Crippen LogP) is 0.564. The first-order chi connectivity index (χ1) is 8.60. The average molecular weight is 314 g/mol. The Labute approximate surface area is 114 Å². The van der Waals surface area contributed by atoms with Crippen LogP contribution in [-0.2, 0) is 0 Å². The van der Waals surface area contributed by atoms with Crippen LogP contribution in [0.1, 0.15) is 16.8 Å². The second kappa shape index (κ2) is 5.64. The lowest BCUT2D eigenvalue weighted by Gasteiger charge is -2.14. The molecule has 0 saturated carbocycles. The Bertz CT molecular complexity index is 453. The van der Waals surface area contributed by atoms with Gasteiger partial charge in [-0.25, -0.2) is 10.8 Å². The summed E-state index contributed by atoms with van der Waals surface area (Å²) < 4.78 is 0.746. The van der Waals surface area contributed by atoms with Gasteiger partial charge in [0.1, 0.15) is 0 Å². The Morgan fingerprint density at radius 3 is 3.06 bits per heavy atom. The molecule has 1 aliphatic rings. The topological polar surface area (TPSA) is 83.3 Å². The molecule has 2 rings (SSSR count). The van der Waals surface area contributed by atoms with Gasteiger partial charge in [0.15, 0.2) is 5.82 Å². The number of carbonyl (C=O) groups is 1. The second-order valence-electron chi connectivity index (χ2n) is 4.42. The van der Waals surface area contributed by atoms with Crippen molar-refractivity contribution < 1.29 is 4.79 Å². The highest BCUT2D eigenvalue weighted by molar-refractivity contribution is 9.10. The van der Waals surface area contributed by atoms with E-state index in [-0.39, 0.29) is 11.9 Å². The first-order valence-corrected chi connectivity index (χ1v) is 6.51. The van der Waals surface area contributed by atoms with Crippen LogP contribution in [0.25, 0.3) is 0 Å². The monoisotopic (exact) mass is 313 g/mol. The Morgan fingerprint density at radius 2 is 2.44 bits per heavy atom. The molecule has 0 aliphatic carbocycles. The Morgan fingerprint density at radius 1 is 1.67 bits per heavy atom. The highest BCUT2D eigenvalue weighted by Crippen LogP contribution is 2.18. The molecular weight excluding hydrogens is 298 g/mol. The fraction of sp³-hybridized carbons (Fsp3) is 0.455. The SMILES string of the molecule is CN1CCC(NC(=O)c2cc(Br)cnc2NN)C1. The van der Waals surface area contributed by atoms with Crippen LogP contribution in [0.4, 0.5) is 5.82 Å². The number of anilines is 1. The van der Waals surface area contributed by atoms with Crippen molar-refractivity contribution >= 4 is 27.7 Å². The molecule has 1 aromatic rings. The third kappa shape index (κ3) is 2.98. The van der Waals surface area contributed by atoms with Crippen LogP contribution in [0.2, 0.25) is 0 Å². The predicted molar refractivity (Wildman–Crippen MR) is 73.1 cm³/mol. The fourth-order valence-corrected chi connectivity index (χ4v) is 2.37. The van der Waals surface area contributed by atoms with Crippen LogP contribution in [0.3, 0.4) is 0 Å². The molecule has 0 radical (unpaired) electrons. The van der Waals surface area contributed by atoms with Gasteiger partial charge < -0.3 is 15.6 Å². The number of hydrogen-bond acceptors (Lipinski definition) is 5. The molecule has 0 aromatic carbocycles. The van der Waals surface area contributed by atoms with E-state index in [1.54, 1.807) is 12.3 Å². The van der Waals surface area contributed by atoms with E-state index in [9.17, 15) is 4.79 Å². The molecule has 1 aromatic heterocycles. The van der Waals surface area contributed by atoms with Gasteiger partial charge >= 0.3 is 0 Å². The third-order valence-electron chi connectivity index (χ3n) is 2.96. The minimum atomic E-state index is -0.156. The van der Waals surface area contributed by atoms with Gasteiger partial charge in [-0.15, -0.1) is 0 Å². The van der Waals surface area contributed by atoms with Crippen molar-refractivity contribution in [1.29, 1.82) is 0 Å². The highest BCUT2D eigenvalue weighted by atomic mass is 79.9. The maximum Gasteiger partial charge on any atom is 0.255 e. The number of nitrogen functional groups attached to an aromatic ring is 1. The molecule has 98 valence electrons. The Kier molecular flexibility index (Phi) is 4.15. The fourth-order valence-electron chi connectivity index (χ4n) is 2.04. The standard InChI is InChI=1S/C11H16BrN5O/c1-17-3-2-8(6-17)15-11(18)9-4-7(12)5-14-10(9)16-13/h4-5,8H,2-3,6,13H2,1H3,(H,14,16)(H,15,18). The lowest BCUT2D eigenvalue weighted by atomic mass is 10.2. The normalized spacial score (nSPS) is 19.8. The van der Waals surface area contributed by atoms with Crippen molar-refractivity contribution in [2.45, 2.75) is 12.5 Å². The van der Waals surface area contributed by atoms with Crippen molar-refractivity contribution in [3.8, 4) is 0 Å². The van der Waals surface area contributed by atoms with Crippen molar-refractivity contribution in [2.75, 3.05) is 25.6 Å². The molecule has 2 heterocycles. The molecule has 0 bridgehead atoms. The first-order valence-electron chi connectivity index (χ1n) is 5.71. The summed E-state index contributed by atoms with van der Waals surface area (Å²) in [4.78, 5) is 18.4. The van der Waals surface area contributed by atoms with E-state index in [0.717, 1.165) is 24.0 Å². The molecule has 18 heavy (non-hydrogen) atoms. The Hall–Kier alpha value is -1.18. The zero-order valence-electron chi connectivity index (χ0n) is 10.1. The molecule has 1 fully saturated rings. The number of pyridine rings is 1. The summed E-state index contributed by atoms with van der Waals surface area (Å²) in [6.07, 6.45) is 2.56. The number of halogens is 1. The van der Waals surface area contributed by atoms with Crippen molar-refractivity contribution in [3.05, 3.63) is 22.3 Å². The van der Waals surface area contributed by atoms with Gasteiger partial charge in [0, 0.05) is 23.3 Å². The number of nitrogens with one attached hydrogen (secondary N) is 2. The van der Waals surface area contributed by atoms with E-state index in [1.165, 1.54) is 0 Å². The van der Waals surface area contributed by atoms with Crippen LogP contribution in [0, 0.1) is 0 Å². The number of nitrogens with two attached hydrogens (primary N) is 1. The second-order valence-corrected chi connectivity index (χ2v) is 5.33. The number of hydrogen-bond donors (Lipinski definition) is 3. The van der Waals surface area contributed by atoms with E-state index in [4.69, 9.17) is 5.84 Å². The van der Waals surface area contributed by atoms with E-state index >= 15 is 0 Å². The molecule has 6 nitrogen and oxygen atoms in total. The summed E-state index contributed by atoms with van der Waals surface area (Å²) in [6.45, 7) is 1.88. The number of rotatable bonds is 3. The van der Waals surface area contributed by atoms with Gasteiger partial charge in [-0.2, -0.15) is 0 Å². The number of aromatic nitrogens is 1. The van der Waals surface area contributed by atoms with Gasteiger partial charge in [-0.05, 0) is 42.0 Å². The summed E-state index contributed by atoms with van der Waals surface area (Å²) in [5.41, 5.74) is 2.88. The van der Waals surface area contributed by atoms with E-state index < -0.39 is 0 Å². The number of hydrazine groups is 1. The van der Waals surface area contributed by atoms with E-state index in [1.807, 2.05) is 7.05 Å². The van der Waals surface area contributed by atoms with Gasteiger partial charge in [-0.1, -0.05) is 0 Å². The zero-order chi connectivity index (χ0) is 13.1. The van der Waals surface area contributed by atoms with E-state index in [2.05, 4.69) is 36.6 Å². The Balaban J connectivity index is 2.10. The van der Waals surface area contributed by atoms with E-state index in [0.29, 0.717) is 11.4 Å². The molecule has 1 aliphatic heterocycles. The quantitative estimate of drug-likeness (QED) is 0.561. The minimum Gasteiger partial charge on any atom is -0.348 e. The van der Waals surface area contributed by atoms with Crippen LogP contribution >= 0.6 is 15.9 Å². The van der Waals surface area contributed by atoms with Gasteiger partial charge in [-0.3, -0.25) is 4.79 Å². The number of likely N-dealkylation sites (tertiary alicyclic amines) is 1. The number of carbonyl (C=O) groups excluding carboxylic acids is 1. The summed E-state index contributed by atoms with van der Waals surface area (Å²) in [5.74, 6) is 5.57. The molecular formula is C11H16BrN5O. The lowest BCUT2D eigenvalue weighted by Crippen LogP contribution is -2.37. The summed E-state index contributed by atoms with van der Waals surface area (Å²) in [7, 11) is 2.04. The van der Waals surface area contributed by atoms with Crippen molar-refractivity contribution in [2.24, 2.45) is 5.84 Å². The van der Waals surface area contributed by atoms with Crippen molar-refractivity contribution in [3.63, 3.8) is 0 Å². The number of nitrogens with zero attached hydrogens (tertiary/aromatic N) is 2. The molecule has 1 unspecified atom stereocenters. The molecule has 0 spiro atoms. The van der Waals surface area contributed by atoms with Gasteiger partial charge in [0.25, 0.3) is 5.91 Å². The summed E-state index contributed by atoms with van der Waals surface area (Å²) >= 11 is 3.30. The highest BCUT2D eigenvalue weighted by Gasteiger charge is 2.23. The van der Waals surface area contributed by atoms with Gasteiger partial charge in [0.05, 0.1) is 5.56 Å². The maximum atomic E-state index is 12.2. The van der Waals surface area contributed by atoms with Crippen LogP contribution in [0.15, 0.2) is 16.7 Å². The molecule has 1 atom stereocenters. The zero-order valence-corrected chi connectivity index (χ0v) is 11.7. The maximum absolute atomic E-state index is 12.2. The molecule has 1 saturated heterocycles. The molecule has 4 N–H and O–H groups in total. The number of likely N-dealkylation sites (N-methyl/N-ethyl adjacent to an activating group) is 1. The molecule has 1 amide bonds. The van der Waals surface area contributed by atoms with Crippen LogP contribution in [-0.4, -0.2) is 42.0 Å². The van der Waals surface area contributed by atoms with Crippen molar-refractivity contribution in [1.82, 2.24) is 15.2 Å².